The molecule has 1 aliphatic rings. The lowest BCUT2D eigenvalue weighted by Gasteiger charge is -2.31. The van der Waals surface area contributed by atoms with Crippen LogP contribution in [-0.2, 0) is 14.8 Å². The Morgan fingerprint density at radius 3 is 2.71 bits per heavy atom. The number of carboxylic acid groups (broad SMARTS) is 1. The number of aliphatic carboxylic acids is 1. The summed E-state index contributed by atoms with van der Waals surface area (Å²) < 4.78 is 25.3. The van der Waals surface area contributed by atoms with Gasteiger partial charge >= 0.3 is 5.97 Å². The molecule has 1 fully saturated rings. The van der Waals surface area contributed by atoms with E-state index in [4.69, 9.17) is 16.7 Å². The lowest BCUT2D eigenvalue weighted by Crippen LogP contribution is -2.47. The van der Waals surface area contributed by atoms with Crippen molar-refractivity contribution in [1.82, 2.24) is 4.31 Å². The van der Waals surface area contributed by atoms with Crippen molar-refractivity contribution in [1.29, 1.82) is 0 Å². The number of halogens is 1. The molecular weight excluding hydrogens is 344 g/mol. The van der Waals surface area contributed by atoms with Crippen LogP contribution in [0.25, 0.3) is 0 Å². The van der Waals surface area contributed by atoms with Gasteiger partial charge in [0.05, 0.1) is 4.92 Å². The van der Waals surface area contributed by atoms with Gasteiger partial charge in [0.15, 0.2) is 4.34 Å². The maximum Gasteiger partial charge on any atom is 0.322 e. The Bertz CT molecular complexity index is 686. The van der Waals surface area contributed by atoms with E-state index < -0.39 is 32.6 Å². The minimum Gasteiger partial charge on any atom is -0.480 e. The van der Waals surface area contributed by atoms with E-state index in [-0.39, 0.29) is 21.5 Å². The van der Waals surface area contributed by atoms with Gasteiger partial charge in [-0.15, -0.1) is 11.3 Å². The zero-order valence-electron chi connectivity index (χ0n) is 10.6. The summed E-state index contributed by atoms with van der Waals surface area (Å²) in [6, 6.07) is -0.278. The molecule has 2 rings (SSSR count). The van der Waals surface area contributed by atoms with Crippen molar-refractivity contribution < 1.29 is 23.2 Å². The van der Waals surface area contributed by atoms with Crippen molar-refractivity contribution >= 4 is 44.6 Å². The summed E-state index contributed by atoms with van der Waals surface area (Å²) in [6.45, 7) is 0.0720. The van der Waals surface area contributed by atoms with E-state index in [0.29, 0.717) is 24.2 Å². The normalized spacial score (nSPS) is 20.3. The molecule has 0 unspecified atom stereocenters. The quantitative estimate of drug-likeness (QED) is 0.652. The minimum absolute atomic E-state index is 0.0720. The van der Waals surface area contributed by atoms with Crippen LogP contribution in [0.5, 0.6) is 0 Å². The predicted molar refractivity (Wildman–Crippen MR) is 75.2 cm³/mol. The highest BCUT2D eigenvalue weighted by molar-refractivity contribution is 7.91. The number of nitrogens with zero attached hydrogens (tertiary/aromatic N) is 2. The summed E-state index contributed by atoms with van der Waals surface area (Å²) >= 11 is 6.22. The second kappa shape index (κ2) is 5.87. The highest BCUT2D eigenvalue weighted by Crippen LogP contribution is 2.38. The first-order valence-electron chi connectivity index (χ1n) is 5.93. The Hall–Kier alpha value is -1.23. The molecule has 1 N–H and O–H groups in total. The van der Waals surface area contributed by atoms with Crippen molar-refractivity contribution in [2.75, 3.05) is 6.54 Å². The number of carboxylic acids is 1. The van der Waals surface area contributed by atoms with Gasteiger partial charge in [0.2, 0.25) is 0 Å². The molecule has 1 aromatic rings. The van der Waals surface area contributed by atoms with Gasteiger partial charge in [-0.2, -0.15) is 4.31 Å². The number of hydrogen-bond acceptors (Lipinski definition) is 6. The second-order valence-corrected chi connectivity index (χ2v) is 8.22. The SMILES string of the molecule is O=C(O)[C@H]1CCCCN1S(=O)(=O)c1cc([N+](=O)[O-])c(Cl)s1. The van der Waals surface area contributed by atoms with E-state index in [2.05, 4.69) is 0 Å². The van der Waals surface area contributed by atoms with Gasteiger partial charge in [-0.05, 0) is 19.3 Å². The maximum absolute atomic E-state index is 12.5. The molecule has 1 saturated heterocycles. The van der Waals surface area contributed by atoms with Gasteiger partial charge in [-0.1, -0.05) is 11.6 Å². The van der Waals surface area contributed by atoms with E-state index in [1.807, 2.05) is 0 Å². The monoisotopic (exact) mass is 354 g/mol. The molecule has 0 spiro atoms. The molecule has 0 bridgehead atoms. The predicted octanol–water partition coefficient (Wildman–Crippen LogP) is 1.94. The second-order valence-electron chi connectivity index (χ2n) is 4.45. The third-order valence-corrected chi connectivity index (χ3v) is 6.84. The van der Waals surface area contributed by atoms with Gasteiger partial charge in [0.25, 0.3) is 15.7 Å². The molecule has 0 aromatic carbocycles. The first-order chi connectivity index (χ1) is 9.75. The molecule has 116 valence electrons. The Labute approximate surface area is 129 Å². The maximum atomic E-state index is 12.5. The average Bonchev–Trinajstić information content (AvgIpc) is 2.81. The van der Waals surface area contributed by atoms with E-state index in [1.54, 1.807) is 0 Å². The number of thiophene rings is 1. The van der Waals surface area contributed by atoms with Crippen LogP contribution in [0, 0.1) is 10.1 Å². The number of carbonyl (C=O) groups is 1. The third kappa shape index (κ3) is 3.03. The number of rotatable bonds is 4. The number of piperidine rings is 1. The first kappa shape index (κ1) is 16.1. The smallest absolute Gasteiger partial charge is 0.322 e. The molecule has 0 saturated carbocycles. The summed E-state index contributed by atoms with van der Waals surface area (Å²) in [5.41, 5.74) is -0.496. The zero-order chi connectivity index (χ0) is 15.8. The molecule has 1 aromatic heterocycles. The molecular formula is C10H11ClN2O6S2. The van der Waals surface area contributed by atoms with Crippen molar-refractivity contribution in [2.45, 2.75) is 29.5 Å². The molecule has 2 heterocycles. The fourth-order valence-corrected chi connectivity index (χ4v) is 5.59. The molecule has 0 amide bonds. The van der Waals surface area contributed by atoms with Crippen LogP contribution in [0.15, 0.2) is 10.3 Å². The van der Waals surface area contributed by atoms with E-state index >= 15 is 0 Å². The van der Waals surface area contributed by atoms with E-state index in [9.17, 15) is 23.3 Å². The first-order valence-corrected chi connectivity index (χ1v) is 8.57. The average molecular weight is 355 g/mol. The summed E-state index contributed by atoms with van der Waals surface area (Å²) in [4.78, 5) is 21.1. The number of nitro groups is 1. The number of hydrogen-bond donors (Lipinski definition) is 1. The van der Waals surface area contributed by atoms with Crippen LogP contribution in [0.3, 0.4) is 0 Å². The van der Waals surface area contributed by atoms with Crippen LogP contribution < -0.4 is 0 Å². The molecule has 1 aliphatic heterocycles. The van der Waals surface area contributed by atoms with Crippen LogP contribution in [0.4, 0.5) is 5.69 Å². The number of sulfonamides is 1. The Morgan fingerprint density at radius 2 is 2.19 bits per heavy atom. The lowest BCUT2D eigenvalue weighted by molar-refractivity contribution is -0.384. The molecule has 8 nitrogen and oxygen atoms in total. The molecule has 11 heteroatoms. The van der Waals surface area contributed by atoms with Gasteiger partial charge in [-0.3, -0.25) is 14.9 Å². The fraction of sp³-hybridized carbons (Fsp3) is 0.500. The van der Waals surface area contributed by atoms with Gasteiger partial charge < -0.3 is 5.11 Å². The van der Waals surface area contributed by atoms with Gasteiger partial charge in [0.1, 0.15) is 10.3 Å². The van der Waals surface area contributed by atoms with Crippen LogP contribution in [0.1, 0.15) is 19.3 Å². The highest BCUT2D eigenvalue weighted by Gasteiger charge is 2.39. The van der Waals surface area contributed by atoms with Crippen LogP contribution in [-0.4, -0.2) is 41.3 Å². The lowest BCUT2D eigenvalue weighted by atomic mass is 10.1. The fourth-order valence-electron chi connectivity index (χ4n) is 2.15. The van der Waals surface area contributed by atoms with E-state index in [1.165, 1.54) is 0 Å². The van der Waals surface area contributed by atoms with Crippen LogP contribution >= 0.6 is 22.9 Å². The van der Waals surface area contributed by atoms with Crippen LogP contribution in [0.2, 0.25) is 4.34 Å². The molecule has 0 radical (unpaired) electrons. The molecule has 0 aliphatic carbocycles. The summed E-state index contributed by atoms with van der Waals surface area (Å²) in [5, 5.41) is 19.9. The minimum atomic E-state index is -4.11. The molecule has 1 atom stereocenters. The Morgan fingerprint density at radius 1 is 1.52 bits per heavy atom. The third-order valence-electron chi connectivity index (χ3n) is 3.14. The topological polar surface area (TPSA) is 118 Å². The van der Waals surface area contributed by atoms with Crippen molar-refractivity contribution in [3.8, 4) is 0 Å². The largest absolute Gasteiger partial charge is 0.480 e. The highest BCUT2D eigenvalue weighted by atomic mass is 35.5. The standard InChI is InChI=1S/C10H11ClN2O6S2/c11-9-7(13(16)17)5-8(20-9)21(18,19)12-4-2-1-3-6(12)10(14)15/h5-6H,1-4H2,(H,14,15)/t6-/m1/s1. The van der Waals surface area contributed by atoms with Gasteiger partial charge in [-0.25, -0.2) is 8.42 Å². The Balaban J connectivity index is 2.43. The van der Waals surface area contributed by atoms with Gasteiger partial charge in [0, 0.05) is 12.6 Å². The van der Waals surface area contributed by atoms with Crippen molar-refractivity contribution in [2.24, 2.45) is 0 Å². The molecule has 21 heavy (non-hydrogen) atoms. The van der Waals surface area contributed by atoms with Crippen molar-refractivity contribution in [3.05, 3.63) is 20.5 Å². The summed E-state index contributed by atoms with van der Waals surface area (Å²) in [5.74, 6) is -1.23. The summed E-state index contributed by atoms with van der Waals surface area (Å²) in [6.07, 6.45) is 1.38. The van der Waals surface area contributed by atoms with E-state index in [0.717, 1.165) is 10.4 Å². The Kier molecular flexibility index (Phi) is 4.51. The summed E-state index contributed by atoms with van der Waals surface area (Å²) in [7, 11) is -4.11. The zero-order valence-corrected chi connectivity index (χ0v) is 12.9. The van der Waals surface area contributed by atoms with Crippen molar-refractivity contribution in [3.63, 3.8) is 0 Å².